The van der Waals surface area contributed by atoms with Crippen LogP contribution in [0.2, 0.25) is 0 Å². The van der Waals surface area contributed by atoms with Crippen molar-refractivity contribution in [3.63, 3.8) is 0 Å². The maximum absolute atomic E-state index is 5.21. The lowest BCUT2D eigenvalue weighted by Gasteiger charge is -1.85. The van der Waals surface area contributed by atoms with Crippen molar-refractivity contribution in [2.45, 2.75) is 13.3 Å². The normalized spacial score (nSPS) is 10.8. The third-order valence-corrected chi connectivity index (χ3v) is 0.704. The number of hydrogen-bond acceptors (Lipinski definition) is 3. The van der Waals surface area contributed by atoms with Crippen LogP contribution in [-0.2, 0) is 0 Å². The first-order valence-corrected chi connectivity index (χ1v) is 2.95. The first kappa shape index (κ1) is 7.56. The second kappa shape index (κ2) is 6.56. The van der Waals surface area contributed by atoms with Crippen molar-refractivity contribution >= 4 is 0 Å². The topological polar surface area (TPSA) is 50.7 Å². The van der Waals surface area contributed by atoms with Crippen LogP contribution in [0.3, 0.4) is 0 Å². The molecule has 0 aliphatic rings. The summed E-state index contributed by atoms with van der Waals surface area (Å²) in [4.78, 5) is 0. The van der Waals surface area contributed by atoms with Crippen molar-refractivity contribution in [3.8, 4) is 0 Å². The van der Waals surface area contributed by atoms with Crippen LogP contribution < -0.4 is 5.73 Å². The molecule has 48 valence electrons. The molecular formula is C5H13N3. The fourth-order valence-electron chi connectivity index (χ4n) is 0.333. The second-order valence-corrected chi connectivity index (χ2v) is 1.46. The van der Waals surface area contributed by atoms with Crippen LogP contribution in [0.15, 0.2) is 10.2 Å². The van der Waals surface area contributed by atoms with Gasteiger partial charge in [0.05, 0.1) is 13.1 Å². The van der Waals surface area contributed by atoms with Crippen molar-refractivity contribution in [1.82, 2.24) is 0 Å². The van der Waals surface area contributed by atoms with Gasteiger partial charge in [-0.15, -0.1) is 0 Å². The van der Waals surface area contributed by atoms with Gasteiger partial charge in [0.1, 0.15) is 0 Å². The summed E-state index contributed by atoms with van der Waals surface area (Å²) in [6.07, 6.45) is 0.948. The SMILES string of the molecule is CC/N=N/CCCN. The molecule has 3 heteroatoms. The van der Waals surface area contributed by atoms with Gasteiger partial charge in [-0.05, 0) is 19.9 Å². The van der Waals surface area contributed by atoms with E-state index in [-0.39, 0.29) is 0 Å². The predicted octanol–water partition coefficient (Wildman–Crippen LogP) is 0.807. The van der Waals surface area contributed by atoms with Crippen LogP contribution in [-0.4, -0.2) is 19.6 Å². The number of azo groups is 1. The van der Waals surface area contributed by atoms with Gasteiger partial charge in [-0.1, -0.05) is 0 Å². The molecule has 0 amide bonds. The molecule has 8 heavy (non-hydrogen) atoms. The summed E-state index contributed by atoms with van der Waals surface area (Å²) in [6.45, 7) is 4.24. The summed E-state index contributed by atoms with van der Waals surface area (Å²) in [5.74, 6) is 0. The fourth-order valence-corrected chi connectivity index (χ4v) is 0.333. The molecule has 0 spiro atoms. The van der Waals surface area contributed by atoms with Gasteiger partial charge in [-0.2, -0.15) is 10.2 Å². The van der Waals surface area contributed by atoms with Gasteiger partial charge in [0.15, 0.2) is 0 Å². The lowest BCUT2D eigenvalue weighted by molar-refractivity contribution is 0.786. The molecule has 0 fully saturated rings. The van der Waals surface area contributed by atoms with Crippen LogP contribution >= 0.6 is 0 Å². The van der Waals surface area contributed by atoms with E-state index >= 15 is 0 Å². The zero-order chi connectivity index (χ0) is 6.24. The Morgan fingerprint density at radius 1 is 1.38 bits per heavy atom. The smallest absolute Gasteiger partial charge is 0.0610 e. The van der Waals surface area contributed by atoms with Crippen LogP contribution in [0.25, 0.3) is 0 Å². The van der Waals surface area contributed by atoms with Crippen molar-refractivity contribution in [2.24, 2.45) is 16.0 Å². The molecule has 0 radical (unpaired) electrons. The van der Waals surface area contributed by atoms with E-state index in [1.165, 1.54) is 0 Å². The Balaban J connectivity index is 2.80. The zero-order valence-electron chi connectivity index (χ0n) is 5.30. The zero-order valence-corrected chi connectivity index (χ0v) is 5.30. The molecule has 0 unspecified atom stereocenters. The van der Waals surface area contributed by atoms with E-state index in [4.69, 9.17) is 5.73 Å². The molecule has 0 saturated carbocycles. The van der Waals surface area contributed by atoms with Gasteiger partial charge >= 0.3 is 0 Å². The molecular weight excluding hydrogens is 102 g/mol. The summed E-state index contributed by atoms with van der Waals surface area (Å²) >= 11 is 0. The van der Waals surface area contributed by atoms with E-state index in [0.717, 1.165) is 19.5 Å². The third-order valence-electron chi connectivity index (χ3n) is 0.704. The number of rotatable bonds is 4. The minimum Gasteiger partial charge on any atom is -0.330 e. The van der Waals surface area contributed by atoms with Crippen LogP contribution in [0.5, 0.6) is 0 Å². The molecule has 0 aromatic carbocycles. The lowest BCUT2D eigenvalue weighted by atomic mass is 10.4. The highest BCUT2D eigenvalue weighted by Gasteiger charge is 1.76. The monoisotopic (exact) mass is 115 g/mol. The Hall–Kier alpha value is -0.440. The van der Waals surface area contributed by atoms with Gasteiger partial charge in [-0.25, -0.2) is 0 Å². The van der Waals surface area contributed by atoms with E-state index in [9.17, 15) is 0 Å². The molecule has 2 N–H and O–H groups in total. The minimum atomic E-state index is 0.711. The molecule has 0 aromatic rings. The maximum Gasteiger partial charge on any atom is 0.0610 e. The Bertz CT molecular complexity index is 60.7. The highest BCUT2D eigenvalue weighted by atomic mass is 15.1. The van der Waals surface area contributed by atoms with Gasteiger partial charge in [0.25, 0.3) is 0 Å². The van der Waals surface area contributed by atoms with E-state index < -0.39 is 0 Å². The molecule has 0 heterocycles. The van der Waals surface area contributed by atoms with Gasteiger partial charge in [0, 0.05) is 0 Å². The molecule has 0 bridgehead atoms. The quantitative estimate of drug-likeness (QED) is 0.427. The Labute approximate surface area is 50.0 Å². The first-order valence-electron chi connectivity index (χ1n) is 2.95. The van der Waals surface area contributed by atoms with Crippen LogP contribution in [0, 0.1) is 0 Å². The van der Waals surface area contributed by atoms with Crippen LogP contribution in [0.4, 0.5) is 0 Å². The average Bonchev–Trinajstić information content (AvgIpc) is 1.81. The van der Waals surface area contributed by atoms with E-state index in [1.807, 2.05) is 6.92 Å². The van der Waals surface area contributed by atoms with Crippen molar-refractivity contribution in [1.29, 1.82) is 0 Å². The first-order chi connectivity index (χ1) is 3.91. The summed E-state index contributed by atoms with van der Waals surface area (Å²) in [6, 6.07) is 0. The highest BCUT2D eigenvalue weighted by molar-refractivity contribution is 4.40. The van der Waals surface area contributed by atoms with Crippen molar-refractivity contribution in [3.05, 3.63) is 0 Å². The predicted molar refractivity (Wildman–Crippen MR) is 33.9 cm³/mol. The minimum absolute atomic E-state index is 0.711. The number of nitrogens with two attached hydrogens (primary N) is 1. The number of nitrogens with zero attached hydrogens (tertiary/aromatic N) is 2. The molecule has 3 nitrogen and oxygen atoms in total. The molecule has 0 rings (SSSR count). The largest absolute Gasteiger partial charge is 0.330 e. The Kier molecular flexibility index (Phi) is 6.20. The second-order valence-electron chi connectivity index (χ2n) is 1.46. The molecule has 0 aliphatic heterocycles. The van der Waals surface area contributed by atoms with Gasteiger partial charge in [-0.3, -0.25) is 0 Å². The van der Waals surface area contributed by atoms with Crippen molar-refractivity contribution in [2.75, 3.05) is 19.6 Å². The fraction of sp³-hybridized carbons (Fsp3) is 1.00. The molecule has 0 aliphatic carbocycles. The van der Waals surface area contributed by atoms with Gasteiger partial charge < -0.3 is 5.73 Å². The Morgan fingerprint density at radius 2 is 2.12 bits per heavy atom. The molecule has 0 atom stereocenters. The Morgan fingerprint density at radius 3 is 2.62 bits per heavy atom. The maximum atomic E-state index is 5.21. The summed E-state index contributed by atoms with van der Waals surface area (Å²) < 4.78 is 0. The highest BCUT2D eigenvalue weighted by Crippen LogP contribution is 1.78. The molecule has 0 aromatic heterocycles. The van der Waals surface area contributed by atoms with E-state index in [0.29, 0.717) is 6.54 Å². The summed E-state index contributed by atoms with van der Waals surface area (Å²) in [7, 11) is 0. The molecule has 0 saturated heterocycles. The number of hydrogen-bond donors (Lipinski definition) is 1. The van der Waals surface area contributed by atoms with Crippen LogP contribution in [0.1, 0.15) is 13.3 Å². The van der Waals surface area contributed by atoms with Crippen molar-refractivity contribution < 1.29 is 0 Å². The van der Waals surface area contributed by atoms with E-state index in [2.05, 4.69) is 10.2 Å². The lowest BCUT2D eigenvalue weighted by Crippen LogP contribution is -1.99. The third kappa shape index (κ3) is 5.56. The van der Waals surface area contributed by atoms with Gasteiger partial charge in [0.2, 0.25) is 0 Å². The summed E-state index contributed by atoms with van der Waals surface area (Å²) in [5.41, 5.74) is 5.21. The summed E-state index contributed by atoms with van der Waals surface area (Å²) in [5, 5.41) is 7.60. The average molecular weight is 115 g/mol. The van der Waals surface area contributed by atoms with E-state index in [1.54, 1.807) is 0 Å². The standard InChI is InChI=1S/C5H13N3/c1-2-7-8-5-3-4-6/h2-6H2,1H3/b8-7+.